The van der Waals surface area contributed by atoms with Crippen LogP contribution in [0.5, 0.6) is 5.75 Å². The van der Waals surface area contributed by atoms with Crippen LogP contribution in [0.2, 0.25) is 0 Å². The third-order valence-electron chi connectivity index (χ3n) is 4.69. The quantitative estimate of drug-likeness (QED) is 0.287. The summed E-state index contributed by atoms with van der Waals surface area (Å²) >= 11 is 0. The Morgan fingerprint density at radius 3 is 2.31 bits per heavy atom. The third-order valence-corrected chi connectivity index (χ3v) is 4.69. The van der Waals surface area contributed by atoms with Crippen LogP contribution >= 0.6 is 0 Å². The van der Waals surface area contributed by atoms with Gasteiger partial charge in [-0.25, -0.2) is 4.79 Å². The monoisotopic (exact) mass is 354 g/mol. The number of hydrogen-bond acceptors (Lipinski definition) is 2. The van der Waals surface area contributed by atoms with Gasteiger partial charge >= 0.3 is 6.16 Å². The maximum Gasteiger partial charge on any atom is 0.511 e. The van der Waals surface area contributed by atoms with Crippen LogP contribution in [0.15, 0.2) is 42.5 Å². The lowest BCUT2D eigenvalue weighted by Gasteiger charge is -2.16. The summed E-state index contributed by atoms with van der Waals surface area (Å²) in [4.78, 5) is 11.1. The molecule has 0 aliphatic rings. The summed E-state index contributed by atoms with van der Waals surface area (Å²) in [7, 11) is 0. The minimum absolute atomic E-state index is 0.469. The van der Waals surface area contributed by atoms with Crippen molar-refractivity contribution in [2.45, 2.75) is 65.2 Å². The number of hydrogen-bond donors (Lipinski definition) is 1. The molecule has 1 N–H and O–H groups in total. The molecule has 26 heavy (non-hydrogen) atoms. The van der Waals surface area contributed by atoms with Crippen LogP contribution in [0.25, 0.3) is 11.1 Å². The van der Waals surface area contributed by atoms with Crippen LogP contribution in [0.3, 0.4) is 0 Å². The van der Waals surface area contributed by atoms with Gasteiger partial charge in [0, 0.05) is 5.56 Å². The van der Waals surface area contributed by atoms with Crippen molar-refractivity contribution in [1.29, 1.82) is 0 Å². The van der Waals surface area contributed by atoms with E-state index in [1.54, 1.807) is 6.07 Å². The van der Waals surface area contributed by atoms with E-state index >= 15 is 0 Å². The fourth-order valence-corrected chi connectivity index (χ4v) is 3.44. The van der Waals surface area contributed by atoms with Crippen LogP contribution in [0, 0.1) is 0 Å². The topological polar surface area (TPSA) is 46.5 Å². The molecule has 0 saturated heterocycles. The van der Waals surface area contributed by atoms with Gasteiger partial charge in [0.15, 0.2) is 0 Å². The van der Waals surface area contributed by atoms with E-state index < -0.39 is 6.16 Å². The number of aryl methyl sites for hydroxylation is 1. The number of carboxylic acid groups (broad SMARTS) is 1. The summed E-state index contributed by atoms with van der Waals surface area (Å²) in [5.41, 5.74) is 4.60. The van der Waals surface area contributed by atoms with Crippen molar-refractivity contribution in [3.8, 4) is 16.9 Å². The number of ether oxygens (including phenoxy) is 1. The number of rotatable bonds is 10. The van der Waals surface area contributed by atoms with E-state index in [9.17, 15) is 4.79 Å². The largest absolute Gasteiger partial charge is 0.511 e. The first-order valence-electron chi connectivity index (χ1n) is 9.78. The average Bonchev–Trinajstić information content (AvgIpc) is 2.63. The molecule has 0 aliphatic carbocycles. The molecule has 0 saturated carbocycles. The molecular formula is C23H30O3. The van der Waals surface area contributed by atoms with E-state index in [0.717, 1.165) is 43.2 Å². The minimum atomic E-state index is -1.25. The molecule has 0 aromatic heterocycles. The molecule has 0 unspecified atom stereocenters. The number of unbranched alkanes of at least 4 members (excludes halogenated alkanes) is 4. The molecule has 2 aromatic carbocycles. The summed E-state index contributed by atoms with van der Waals surface area (Å²) in [5, 5.41) is 9.11. The van der Waals surface area contributed by atoms with E-state index in [2.05, 4.69) is 38.1 Å². The van der Waals surface area contributed by atoms with E-state index in [0.29, 0.717) is 5.75 Å². The summed E-state index contributed by atoms with van der Waals surface area (Å²) in [6.07, 6.45) is 7.56. The predicted molar refractivity (Wildman–Crippen MR) is 107 cm³/mol. The highest BCUT2D eigenvalue weighted by Gasteiger charge is 2.15. The molecule has 3 nitrogen and oxygen atoms in total. The highest BCUT2D eigenvalue weighted by Crippen LogP contribution is 2.34. The Morgan fingerprint density at radius 2 is 1.58 bits per heavy atom. The molecule has 2 rings (SSSR count). The van der Waals surface area contributed by atoms with Crippen molar-refractivity contribution < 1.29 is 14.6 Å². The van der Waals surface area contributed by atoms with Gasteiger partial charge in [0.2, 0.25) is 0 Å². The van der Waals surface area contributed by atoms with Crippen LogP contribution in [-0.2, 0) is 12.8 Å². The smallest absolute Gasteiger partial charge is 0.449 e. The zero-order valence-corrected chi connectivity index (χ0v) is 16.0. The van der Waals surface area contributed by atoms with Gasteiger partial charge in [0.25, 0.3) is 0 Å². The van der Waals surface area contributed by atoms with Gasteiger partial charge in [-0.1, -0.05) is 82.3 Å². The second-order valence-corrected chi connectivity index (χ2v) is 6.72. The second kappa shape index (κ2) is 10.6. The van der Waals surface area contributed by atoms with Crippen LogP contribution in [-0.4, -0.2) is 11.3 Å². The van der Waals surface area contributed by atoms with Crippen molar-refractivity contribution >= 4 is 6.16 Å². The van der Waals surface area contributed by atoms with Crippen molar-refractivity contribution in [3.63, 3.8) is 0 Å². The molecular weight excluding hydrogens is 324 g/mol. The summed E-state index contributed by atoms with van der Waals surface area (Å²) in [6, 6.07) is 14.1. The van der Waals surface area contributed by atoms with Crippen LogP contribution < -0.4 is 4.74 Å². The first-order chi connectivity index (χ1) is 12.7. The highest BCUT2D eigenvalue weighted by atomic mass is 16.7. The van der Waals surface area contributed by atoms with Crippen molar-refractivity contribution in [2.24, 2.45) is 0 Å². The molecule has 0 fully saturated rings. The Labute approximate surface area is 157 Å². The molecule has 0 amide bonds. The minimum Gasteiger partial charge on any atom is -0.449 e. The fourth-order valence-electron chi connectivity index (χ4n) is 3.44. The van der Waals surface area contributed by atoms with E-state index in [4.69, 9.17) is 9.84 Å². The van der Waals surface area contributed by atoms with Crippen molar-refractivity contribution in [2.75, 3.05) is 0 Å². The maximum absolute atomic E-state index is 11.1. The Morgan fingerprint density at radius 1 is 0.846 bits per heavy atom. The van der Waals surface area contributed by atoms with E-state index in [1.165, 1.54) is 30.4 Å². The predicted octanol–water partition coefficient (Wildman–Crippen LogP) is 6.88. The van der Waals surface area contributed by atoms with Gasteiger partial charge in [0.1, 0.15) is 5.75 Å². The molecule has 0 bridgehead atoms. The fraction of sp³-hybridized carbons (Fsp3) is 0.435. The Kier molecular flexibility index (Phi) is 8.20. The van der Waals surface area contributed by atoms with Gasteiger partial charge in [-0.15, -0.1) is 0 Å². The molecule has 140 valence electrons. The van der Waals surface area contributed by atoms with Gasteiger partial charge in [-0.05, 0) is 42.0 Å². The van der Waals surface area contributed by atoms with Crippen LogP contribution in [0.1, 0.15) is 63.5 Å². The number of carbonyl (C=O) groups is 1. The lowest BCUT2D eigenvalue weighted by atomic mass is 9.90. The average molecular weight is 354 g/mol. The zero-order valence-electron chi connectivity index (χ0n) is 16.0. The molecule has 0 aliphatic heterocycles. The summed E-state index contributed by atoms with van der Waals surface area (Å²) < 4.78 is 5.10. The Hall–Kier alpha value is -2.29. The van der Waals surface area contributed by atoms with E-state index in [1.807, 2.05) is 12.1 Å². The second-order valence-electron chi connectivity index (χ2n) is 6.72. The maximum atomic E-state index is 11.1. The lowest BCUT2D eigenvalue weighted by Crippen LogP contribution is -2.06. The third kappa shape index (κ3) is 5.62. The molecule has 0 heterocycles. The zero-order chi connectivity index (χ0) is 18.8. The van der Waals surface area contributed by atoms with Gasteiger partial charge in [0.05, 0.1) is 0 Å². The van der Waals surface area contributed by atoms with Gasteiger partial charge in [-0.2, -0.15) is 0 Å². The lowest BCUT2D eigenvalue weighted by molar-refractivity contribution is 0.144. The first kappa shape index (κ1) is 20.0. The molecule has 2 aromatic rings. The molecule has 0 spiro atoms. The molecule has 0 atom stereocenters. The van der Waals surface area contributed by atoms with Gasteiger partial charge in [-0.3, -0.25) is 0 Å². The Balaban J connectivity index is 2.36. The standard InChI is InChI=1S/C23H30O3/c1-3-5-6-7-8-15-21-20(16-11-17-22(21)26-23(24)25)19-14-10-9-13-18(19)12-4-2/h9-11,13-14,16-17H,3-8,12,15H2,1-2H3,(H,24,25). The van der Waals surface area contributed by atoms with Crippen molar-refractivity contribution in [3.05, 3.63) is 53.6 Å². The van der Waals surface area contributed by atoms with Gasteiger partial charge < -0.3 is 9.84 Å². The van der Waals surface area contributed by atoms with Crippen molar-refractivity contribution in [1.82, 2.24) is 0 Å². The Bertz CT molecular complexity index is 706. The first-order valence-corrected chi connectivity index (χ1v) is 9.78. The van der Waals surface area contributed by atoms with Crippen LogP contribution in [0.4, 0.5) is 4.79 Å². The number of benzene rings is 2. The molecule has 0 radical (unpaired) electrons. The normalized spacial score (nSPS) is 10.7. The summed E-state index contributed by atoms with van der Waals surface area (Å²) in [6.45, 7) is 4.38. The SMILES string of the molecule is CCCCCCCc1c(OC(=O)O)cccc1-c1ccccc1CCC. The van der Waals surface area contributed by atoms with E-state index in [-0.39, 0.29) is 0 Å². The summed E-state index contributed by atoms with van der Waals surface area (Å²) in [5.74, 6) is 0.469. The molecule has 3 heteroatoms. The highest BCUT2D eigenvalue weighted by molar-refractivity contribution is 5.74.